The van der Waals surface area contributed by atoms with E-state index in [9.17, 15) is 14.0 Å². The van der Waals surface area contributed by atoms with Gasteiger partial charge in [-0.05, 0) is 37.6 Å². The van der Waals surface area contributed by atoms with E-state index in [0.717, 1.165) is 4.68 Å². The minimum atomic E-state index is -1.17. The Hall–Kier alpha value is -2.70. The Labute approximate surface area is 120 Å². The summed E-state index contributed by atoms with van der Waals surface area (Å²) in [5.74, 6) is -2.08. The van der Waals surface area contributed by atoms with Gasteiger partial charge in [0.1, 0.15) is 17.6 Å². The lowest BCUT2D eigenvalue weighted by molar-refractivity contribution is -0.119. The lowest BCUT2D eigenvalue weighted by Crippen LogP contribution is -2.26. The zero-order chi connectivity index (χ0) is 15.6. The number of hydrogen-bond acceptors (Lipinski definition) is 3. The molecule has 0 bridgehead atoms. The van der Waals surface area contributed by atoms with E-state index in [4.69, 9.17) is 5.11 Å². The van der Waals surface area contributed by atoms with E-state index in [1.165, 1.54) is 25.3 Å². The summed E-state index contributed by atoms with van der Waals surface area (Å²) >= 11 is 0. The number of amides is 1. The Bertz CT molecular complexity index is 697. The first-order chi connectivity index (χ1) is 9.90. The highest BCUT2D eigenvalue weighted by atomic mass is 19.1. The fourth-order valence-corrected chi connectivity index (χ4v) is 1.82. The summed E-state index contributed by atoms with van der Waals surface area (Å²) in [4.78, 5) is 23.1. The van der Waals surface area contributed by atoms with Crippen LogP contribution in [-0.4, -0.2) is 26.8 Å². The van der Waals surface area contributed by atoms with Crippen molar-refractivity contribution in [3.63, 3.8) is 0 Å². The number of aromatic carboxylic acids is 1. The van der Waals surface area contributed by atoms with Gasteiger partial charge in [0.25, 0.3) is 0 Å². The molecule has 2 N–H and O–H groups in total. The quantitative estimate of drug-likeness (QED) is 0.904. The number of aryl methyl sites for hydroxylation is 1. The maximum atomic E-state index is 13.4. The second-order valence-corrected chi connectivity index (χ2v) is 4.60. The Balaban J connectivity index is 2.17. The zero-order valence-corrected chi connectivity index (χ0v) is 11.5. The normalized spacial score (nSPS) is 12.0. The highest BCUT2D eigenvalue weighted by molar-refractivity contribution is 5.94. The van der Waals surface area contributed by atoms with E-state index >= 15 is 0 Å². The number of carbonyl (C=O) groups is 2. The Kier molecular flexibility index (Phi) is 4.02. The third kappa shape index (κ3) is 3.07. The number of carbonyl (C=O) groups excluding carboxylic acids is 1. The minimum Gasteiger partial charge on any atom is -0.477 e. The summed E-state index contributed by atoms with van der Waals surface area (Å²) in [6.07, 6.45) is 1.30. The fraction of sp³-hybridized carbons (Fsp3) is 0.214. The van der Waals surface area contributed by atoms with Crippen LogP contribution in [0.15, 0.2) is 30.5 Å². The molecule has 0 fully saturated rings. The molecule has 1 aromatic heterocycles. The van der Waals surface area contributed by atoms with Crippen molar-refractivity contribution < 1.29 is 19.1 Å². The topological polar surface area (TPSA) is 84.2 Å². The molecular formula is C14H14FN3O3. The number of carboxylic acid groups (broad SMARTS) is 1. The highest BCUT2D eigenvalue weighted by Crippen LogP contribution is 2.16. The largest absolute Gasteiger partial charge is 0.477 e. The molecule has 0 aliphatic heterocycles. The maximum absolute atomic E-state index is 13.4. The number of carboxylic acids is 1. The number of hydrogen-bond donors (Lipinski definition) is 2. The molecule has 1 heterocycles. The molecule has 2 rings (SSSR count). The van der Waals surface area contributed by atoms with Crippen molar-refractivity contribution in [2.24, 2.45) is 0 Å². The number of rotatable bonds is 4. The highest BCUT2D eigenvalue weighted by Gasteiger charge is 2.21. The molecule has 0 spiro atoms. The molecule has 21 heavy (non-hydrogen) atoms. The van der Waals surface area contributed by atoms with E-state index in [2.05, 4.69) is 10.4 Å². The number of aromatic nitrogens is 2. The first-order valence-corrected chi connectivity index (χ1v) is 6.24. The lowest BCUT2D eigenvalue weighted by Gasteiger charge is -2.14. The van der Waals surface area contributed by atoms with E-state index in [-0.39, 0.29) is 5.69 Å². The Morgan fingerprint density at radius 2 is 2.10 bits per heavy atom. The van der Waals surface area contributed by atoms with Crippen LogP contribution in [-0.2, 0) is 4.79 Å². The molecule has 1 unspecified atom stereocenters. The molecule has 7 heteroatoms. The van der Waals surface area contributed by atoms with Crippen LogP contribution < -0.4 is 5.32 Å². The standard InChI is InChI=1S/C14H14FN3O3/c1-8-3-4-10(7-11(8)15)17-13(19)9(2)18-12(14(20)21)5-6-16-18/h3-7,9H,1-2H3,(H,17,19)(H,20,21). The number of benzene rings is 1. The van der Waals surface area contributed by atoms with Gasteiger partial charge in [-0.3, -0.25) is 4.79 Å². The van der Waals surface area contributed by atoms with Crippen LogP contribution in [0.5, 0.6) is 0 Å². The predicted octanol–water partition coefficient (Wildman–Crippen LogP) is 2.23. The second kappa shape index (κ2) is 5.74. The van der Waals surface area contributed by atoms with E-state index in [1.54, 1.807) is 19.1 Å². The van der Waals surface area contributed by atoms with Crippen LogP contribution in [0.4, 0.5) is 10.1 Å². The third-order valence-corrected chi connectivity index (χ3v) is 3.08. The number of anilines is 1. The molecule has 1 atom stereocenters. The molecule has 110 valence electrons. The van der Waals surface area contributed by atoms with Gasteiger partial charge >= 0.3 is 5.97 Å². The minimum absolute atomic E-state index is 0.0901. The summed E-state index contributed by atoms with van der Waals surface area (Å²) in [5.41, 5.74) is 0.688. The summed E-state index contributed by atoms with van der Waals surface area (Å²) < 4.78 is 14.5. The smallest absolute Gasteiger partial charge is 0.354 e. The van der Waals surface area contributed by atoms with Crippen molar-refractivity contribution in [1.29, 1.82) is 0 Å². The Morgan fingerprint density at radius 1 is 1.38 bits per heavy atom. The maximum Gasteiger partial charge on any atom is 0.354 e. The number of halogens is 1. The molecule has 0 saturated heterocycles. The molecule has 2 aromatic rings. The number of nitrogens with zero attached hydrogens (tertiary/aromatic N) is 2. The molecule has 0 saturated carbocycles. The van der Waals surface area contributed by atoms with Gasteiger partial charge in [0.05, 0.1) is 0 Å². The van der Waals surface area contributed by atoms with Gasteiger partial charge in [-0.15, -0.1) is 0 Å². The summed E-state index contributed by atoms with van der Waals surface area (Å²) in [5, 5.41) is 15.4. The first-order valence-electron chi connectivity index (χ1n) is 6.24. The fourth-order valence-electron chi connectivity index (χ4n) is 1.82. The molecular weight excluding hydrogens is 277 g/mol. The molecule has 6 nitrogen and oxygen atoms in total. The van der Waals surface area contributed by atoms with Gasteiger partial charge < -0.3 is 10.4 Å². The molecule has 0 aliphatic rings. The lowest BCUT2D eigenvalue weighted by atomic mass is 10.2. The van der Waals surface area contributed by atoms with Crippen LogP contribution >= 0.6 is 0 Å². The van der Waals surface area contributed by atoms with Gasteiger partial charge in [-0.1, -0.05) is 6.07 Å². The van der Waals surface area contributed by atoms with Gasteiger partial charge in [0.15, 0.2) is 0 Å². The molecule has 0 aliphatic carbocycles. The second-order valence-electron chi connectivity index (χ2n) is 4.60. The first kappa shape index (κ1) is 14.7. The summed E-state index contributed by atoms with van der Waals surface area (Å²) in [6.45, 7) is 3.13. The van der Waals surface area contributed by atoms with Crippen molar-refractivity contribution in [1.82, 2.24) is 9.78 Å². The van der Waals surface area contributed by atoms with E-state index in [1.807, 2.05) is 0 Å². The van der Waals surface area contributed by atoms with E-state index < -0.39 is 23.7 Å². The third-order valence-electron chi connectivity index (χ3n) is 3.08. The zero-order valence-electron chi connectivity index (χ0n) is 11.5. The predicted molar refractivity (Wildman–Crippen MR) is 73.7 cm³/mol. The van der Waals surface area contributed by atoms with Crippen molar-refractivity contribution in [3.8, 4) is 0 Å². The van der Waals surface area contributed by atoms with Crippen LogP contribution in [0.25, 0.3) is 0 Å². The van der Waals surface area contributed by atoms with Crippen LogP contribution in [0.3, 0.4) is 0 Å². The van der Waals surface area contributed by atoms with Crippen LogP contribution in [0.2, 0.25) is 0 Å². The van der Waals surface area contributed by atoms with Crippen molar-refractivity contribution >= 4 is 17.6 Å². The molecule has 1 aromatic carbocycles. The van der Waals surface area contributed by atoms with E-state index in [0.29, 0.717) is 11.3 Å². The molecule has 0 radical (unpaired) electrons. The summed E-state index contributed by atoms with van der Waals surface area (Å²) in [6, 6.07) is 4.80. The van der Waals surface area contributed by atoms with Crippen molar-refractivity contribution in [3.05, 3.63) is 47.5 Å². The van der Waals surface area contributed by atoms with Crippen LogP contribution in [0, 0.1) is 12.7 Å². The van der Waals surface area contributed by atoms with Gasteiger partial charge in [0.2, 0.25) is 5.91 Å². The Morgan fingerprint density at radius 3 is 2.71 bits per heavy atom. The van der Waals surface area contributed by atoms with Gasteiger partial charge in [-0.2, -0.15) is 5.10 Å². The monoisotopic (exact) mass is 291 g/mol. The SMILES string of the molecule is Cc1ccc(NC(=O)C(C)n2nccc2C(=O)O)cc1F. The van der Waals surface area contributed by atoms with Crippen LogP contribution in [0.1, 0.15) is 29.0 Å². The van der Waals surface area contributed by atoms with Crippen molar-refractivity contribution in [2.75, 3.05) is 5.32 Å². The van der Waals surface area contributed by atoms with Crippen molar-refractivity contribution in [2.45, 2.75) is 19.9 Å². The number of nitrogens with one attached hydrogen (secondary N) is 1. The summed E-state index contributed by atoms with van der Waals surface area (Å²) in [7, 11) is 0. The average molecular weight is 291 g/mol. The average Bonchev–Trinajstić information content (AvgIpc) is 2.91. The van der Waals surface area contributed by atoms with Gasteiger partial charge in [0, 0.05) is 11.9 Å². The van der Waals surface area contributed by atoms with Gasteiger partial charge in [-0.25, -0.2) is 13.9 Å². The molecule has 1 amide bonds.